The summed E-state index contributed by atoms with van der Waals surface area (Å²) in [4.78, 5) is 31.1. The van der Waals surface area contributed by atoms with Crippen LogP contribution in [0.3, 0.4) is 0 Å². The first-order valence-electron chi connectivity index (χ1n) is 9.13. The molecule has 7 nitrogen and oxygen atoms in total. The molecule has 2 atom stereocenters. The van der Waals surface area contributed by atoms with Gasteiger partial charge < -0.3 is 19.5 Å². The minimum Gasteiger partial charge on any atom is -0.459 e. The summed E-state index contributed by atoms with van der Waals surface area (Å²) in [5.41, 5.74) is 0. The molecule has 1 N–H and O–H groups in total. The zero-order valence-corrected chi connectivity index (χ0v) is 16.3. The molecule has 1 aromatic rings. The molecule has 0 radical (unpaired) electrons. The molecule has 2 aliphatic heterocycles. The van der Waals surface area contributed by atoms with Gasteiger partial charge in [-0.05, 0) is 45.5 Å². The smallest absolute Gasteiger partial charge is 0.289 e. The summed E-state index contributed by atoms with van der Waals surface area (Å²) in [7, 11) is 1.98. The molecule has 2 saturated heterocycles. The Morgan fingerprint density at radius 2 is 1.88 bits per heavy atom. The third-order valence-corrected chi connectivity index (χ3v) is 5.38. The Hall–Kier alpha value is -1.57. The normalized spacial score (nSPS) is 22.6. The quantitative estimate of drug-likeness (QED) is 0.840. The van der Waals surface area contributed by atoms with Gasteiger partial charge in [0.05, 0.1) is 12.3 Å². The molecule has 2 fully saturated rings. The van der Waals surface area contributed by atoms with Crippen molar-refractivity contribution >= 4 is 24.2 Å². The number of hydrogen-bond donors (Lipinski definition) is 1. The largest absolute Gasteiger partial charge is 0.459 e. The van der Waals surface area contributed by atoms with Gasteiger partial charge in [-0.1, -0.05) is 0 Å². The van der Waals surface area contributed by atoms with Crippen molar-refractivity contribution < 1.29 is 14.0 Å². The SMILES string of the molecule is CNC1CCCN(C(C)C(=O)N2CCN(C(=O)c3ccco3)CC2)C1.Cl. The van der Waals surface area contributed by atoms with Crippen LogP contribution in [0.2, 0.25) is 0 Å². The van der Waals surface area contributed by atoms with Crippen molar-refractivity contribution in [1.82, 2.24) is 20.0 Å². The third kappa shape index (κ3) is 4.58. The Morgan fingerprint density at radius 3 is 2.50 bits per heavy atom. The van der Waals surface area contributed by atoms with Gasteiger partial charge in [-0.25, -0.2) is 0 Å². The van der Waals surface area contributed by atoms with E-state index < -0.39 is 0 Å². The number of nitrogens with one attached hydrogen (secondary N) is 1. The van der Waals surface area contributed by atoms with E-state index >= 15 is 0 Å². The fraction of sp³-hybridized carbons (Fsp3) is 0.667. The van der Waals surface area contributed by atoms with Gasteiger partial charge in [0.15, 0.2) is 5.76 Å². The Kier molecular flexibility index (Phi) is 7.49. The minimum absolute atomic E-state index is 0. The van der Waals surface area contributed by atoms with Crippen LogP contribution in [0.1, 0.15) is 30.3 Å². The molecule has 146 valence electrons. The maximum absolute atomic E-state index is 12.8. The molecule has 3 heterocycles. The number of hydrogen-bond acceptors (Lipinski definition) is 5. The van der Waals surface area contributed by atoms with Crippen LogP contribution in [0.4, 0.5) is 0 Å². The molecular weight excluding hydrogens is 356 g/mol. The molecule has 1 aromatic heterocycles. The predicted molar refractivity (Wildman–Crippen MR) is 102 cm³/mol. The molecule has 2 unspecified atom stereocenters. The summed E-state index contributed by atoms with van der Waals surface area (Å²) < 4.78 is 5.18. The van der Waals surface area contributed by atoms with Crippen LogP contribution >= 0.6 is 12.4 Å². The van der Waals surface area contributed by atoms with E-state index in [9.17, 15) is 9.59 Å². The van der Waals surface area contributed by atoms with Crippen molar-refractivity contribution in [2.24, 2.45) is 0 Å². The summed E-state index contributed by atoms with van der Waals surface area (Å²) in [5.74, 6) is 0.430. The number of amides is 2. The van der Waals surface area contributed by atoms with Crippen molar-refractivity contribution in [2.75, 3.05) is 46.3 Å². The lowest BCUT2D eigenvalue weighted by molar-refractivity contribution is -0.138. The lowest BCUT2D eigenvalue weighted by Crippen LogP contribution is -2.57. The summed E-state index contributed by atoms with van der Waals surface area (Å²) in [5, 5.41) is 3.32. The van der Waals surface area contributed by atoms with E-state index in [0.29, 0.717) is 38.0 Å². The second-order valence-electron chi connectivity index (χ2n) is 6.89. The van der Waals surface area contributed by atoms with Gasteiger partial charge in [0.25, 0.3) is 5.91 Å². The van der Waals surface area contributed by atoms with Gasteiger partial charge in [-0.3, -0.25) is 14.5 Å². The molecule has 2 amide bonds. The highest BCUT2D eigenvalue weighted by molar-refractivity contribution is 5.91. The first-order chi connectivity index (χ1) is 12.1. The van der Waals surface area contributed by atoms with Gasteiger partial charge in [-0.2, -0.15) is 0 Å². The van der Waals surface area contributed by atoms with Crippen LogP contribution < -0.4 is 5.32 Å². The van der Waals surface area contributed by atoms with Crippen LogP contribution in [0.5, 0.6) is 0 Å². The van der Waals surface area contributed by atoms with Crippen LogP contribution in [0.25, 0.3) is 0 Å². The van der Waals surface area contributed by atoms with Crippen LogP contribution in [0, 0.1) is 0 Å². The first-order valence-corrected chi connectivity index (χ1v) is 9.13. The topological polar surface area (TPSA) is 69.0 Å². The van der Waals surface area contributed by atoms with E-state index in [1.807, 2.05) is 18.9 Å². The molecule has 26 heavy (non-hydrogen) atoms. The summed E-state index contributed by atoms with van der Waals surface area (Å²) >= 11 is 0. The van der Waals surface area contributed by atoms with Crippen LogP contribution in [0.15, 0.2) is 22.8 Å². The Bertz CT molecular complexity index is 587. The third-order valence-electron chi connectivity index (χ3n) is 5.38. The Morgan fingerprint density at radius 1 is 1.19 bits per heavy atom. The Balaban J connectivity index is 0.00000243. The van der Waals surface area contributed by atoms with Gasteiger partial charge in [0, 0.05) is 38.8 Å². The van der Waals surface area contributed by atoms with Gasteiger partial charge in [0.1, 0.15) is 0 Å². The minimum atomic E-state index is -0.108. The van der Waals surface area contributed by atoms with Crippen molar-refractivity contribution in [3.05, 3.63) is 24.2 Å². The van der Waals surface area contributed by atoms with Gasteiger partial charge in [-0.15, -0.1) is 12.4 Å². The molecule has 3 rings (SSSR count). The number of halogens is 1. The number of piperazine rings is 1. The van der Waals surface area contributed by atoms with E-state index in [4.69, 9.17) is 4.42 Å². The molecule has 0 aromatic carbocycles. The average Bonchev–Trinajstić information content (AvgIpc) is 3.21. The van der Waals surface area contributed by atoms with E-state index in [1.54, 1.807) is 17.0 Å². The molecule has 8 heteroatoms. The fourth-order valence-corrected chi connectivity index (χ4v) is 3.70. The van der Waals surface area contributed by atoms with Gasteiger partial charge >= 0.3 is 0 Å². The van der Waals surface area contributed by atoms with E-state index in [2.05, 4.69) is 10.2 Å². The van der Waals surface area contributed by atoms with Crippen molar-refractivity contribution in [3.8, 4) is 0 Å². The second kappa shape index (κ2) is 9.39. The summed E-state index contributed by atoms with van der Waals surface area (Å²) in [6, 6.07) is 3.75. The van der Waals surface area contributed by atoms with Crippen molar-refractivity contribution in [1.29, 1.82) is 0 Å². The molecule has 0 bridgehead atoms. The molecule has 2 aliphatic rings. The summed E-state index contributed by atoms with van der Waals surface area (Å²) in [6.45, 7) is 6.16. The highest BCUT2D eigenvalue weighted by Gasteiger charge is 2.32. The zero-order chi connectivity index (χ0) is 17.8. The number of piperidine rings is 1. The van der Waals surface area contributed by atoms with E-state index in [1.165, 1.54) is 12.7 Å². The number of carbonyl (C=O) groups is 2. The van der Waals surface area contributed by atoms with Crippen molar-refractivity contribution in [2.45, 2.75) is 31.8 Å². The number of carbonyl (C=O) groups excluding carboxylic acids is 2. The highest BCUT2D eigenvalue weighted by Crippen LogP contribution is 2.16. The summed E-state index contributed by atoms with van der Waals surface area (Å²) in [6.07, 6.45) is 3.79. The van der Waals surface area contributed by atoms with Crippen molar-refractivity contribution in [3.63, 3.8) is 0 Å². The zero-order valence-electron chi connectivity index (χ0n) is 15.5. The van der Waals surface area contributed by atoms with Crippen LogP contribution in [-0.2, 0) is 4.79 Å². The lowest BCUT2D eigenvalue weighted by Gasteiger charge is -2.40. The standard InChI is InChI=1S/C18H28N4O3.ClH/c1-14(22-7-3-5-15(13-22)19-2)17(23)20-8-10-21(11-9-20)18(24)16-6-4-12-25-16;/h4,6,12,14-15,19H,3,5,7-11,13H2,1-2H3;1H. The van der Waals surface area contributed by atoms with Crippen LogP contribution in [-0.4, -0.2) is 84.9 Å². The molecular formula is C18H29ClN4O3. The number of likely N-dealkylation sites (tertiary alicyclic amines) is 1. The Labute approximate surface area is 161 Å². The number of nitrogens with zero attached hydrogens (tertiary/aromatic N) is 3. The molecule has 0 saturated carbocycles. The number of rotatable bonds is 4. The number of likely N-dealkylation sites (N-methyl/N-ethyl adjacent to an activating group) is 1. The first kappa shape index (κ1) is 20.7. The molecule has 0 aliphatic carbocycles. The maximum Gasteiger partial charge on any atom is 0.289 e. The average molecular weight is 385 g/mol. The fourth-order valence-electron chi connectivity index (χ4n) is 3.70. The highest BCUT2D eigenvalue weighted by atomic mass is 35.5. The predicted octanol–water partition coefficient (Wildman–Crippen LogP) is 1.06. The van der Waals surface area contributed by atoms with E-state index in [0.717, 1.165) is 19.5 Å². The maximum atomic E-state index is 12.8. The second-order valence-corrected chi connectivity index (χ2v) is 6.89. The molecule has 0 spiro atoms. The van der Waals surface area contributed by atoms with Gasteiger partial charge in [0.2, 0.25) is 5.91 Å². The number of furan rings is 1. The lowest BCUT2D eigenvalue weighted by atomic mass is 10.0. The monoisotopic (exact) mass is 384 g/mol. The van der Waals surface area contributed by atoms with E-state index in [-0.39, 0.29) is 30.3 Å².